The third-order valence-electron chi connectivity index (χ3n) is 4.72. The first-order valence-electron chi connectivity index (χ1n) is 7.49. The summed E-state index contributed by atoms with van der Waals surface area (Å²) >= 11 is 0. The maximum absolute atomic E-state index is 10.6. The summed E-state index contributed by atoms with van der Waals surface area (Å²) in [6, 6.07) is 8.31. The largest absolute Gasteiger partial charge is 0.388 e. The molecule has 1 aliphatic carbocycles. The van der Waals surface area contributed by atoms with Gasteiger partial charge in [0.25, 0.3) is 0 Å². The van der Waals surface area contributed by atoms with Crippen LogP contribution in [0.1, 0.15) is 56.8 Å². The molecule has 1 fully saturated rings. The van der Waals surface area contributed by atoms with Crippen LogP contribution in [-0.4, -0.2) is 16.8 Å². The molecular weight excluding hydrogens is 236 g/mol. The topological polar surface area (TPSA) is 29.5 Å². The molecule has 2 nitrogen and oxygen atoms in total. The summed E-state index contributed by atoms with van der Waals surface area (Å²) < 4.78 is 6.08. The van der Waals surface area contributed by atoms with Gasteiger partial charge in [0.1, 0.15) is 0 Å². The fourth-order valence-electron chi connectivity index (χ4n) is 3.63. The van der Waals surface area contributed by atoms with Gasteiger partial charge in [0.2, 0.25) is 0 Å². The number of hydrogen-bond donors (Lipinski definition) is 1. The molecule has 0 radical (unpaired) electrons. The summed E-state index contributed by atoms with van der Waals surface area (Å²) in [5.74, 6) is 0.355. The number of rotatable bonds is 2. The first kappa shape index (κ1) is 13.1. The van der Waals surface area contributed by atoms with Crippen LogP contribution in [0.3, 0.4) is 0 Å². The second-order valence-corrected chi connectivity index (χ2v) is 6.72. The summed E-state index contributed by atoms with van der Waals surface area (Å²) in [4.78, 5) is 0. The fraction of sp³-hybridized carbons (Fsp3) is 0.647. The number of benzene rings is 1. The summed E-state index contributed by atoms with van der Waals surface area (Å²) in [6.07, 6.45) is 5.47. The van der Waals surface area contributed by atoms with Crippen molar-refractivity contribution in [3.63, 3.8) is 0 Å². The molecule has 3 atom stereocenters. The van der Waals surface area contributed by atoms with Gasteiger partial charge in [-0.1, -0.05) is 24.3 Å². The van der Waals surface area contributed by atoms with E-state index in [2.05, 4.69) is 32.0 Å². The molecule has 0 aromatic heterocycles. The summed E-state index contributed by atoms with van der Waals surface area (Å²) in [5.41, 5.74) is 2.48. The Balaban J connectivity index is 1.68. The van der Waals surface area contributed by atoms with E-state index in [1.54, 1.807) is 0 Å². The first-order chi connectivity index (χ1) is 9.05. The average Bonchev–Trinajstić information content (AvgIpc) is 2.73. The van der Waals surface area contributed by atoms with Gasteiger partial charge < -0.3 is 9.84 Å². The first-order valence-corrected chi connectivity index (χ1v) is 7.49. The lowest BCUT2D eigenvalue weighted by molar-refractivity contribution is -0.0375. The second-order valence-electron chi connectivity index (χ2n) is 6.72. The van der Waals surface area contributed by atoms with E-state index < -0.39 is 0 Å². The van der Waals surface area contributed by atoms with E-state index in [9.17, 15) is 5.11 Å². The predicted molar refractivity (Wildman–Crippen MR) is 76.0 cm³/mol. The zero-order chi connectivity index (χ0) is 13.5. The number of aliphatic hydroxyl groups is 1. The molecule has 3 rings (SSSR count). The SMILES string of the molecule is CC1(C)CCC(CC2CCc3ccccc3C2O)O1. The van der Waals surface area contributed by atoms with Crippen LogP contribution in [0.5, 0.6) is 0 Å². The van der Waals surface area contributed by atoms with Crippen molar-refractivity contribution in [2.45, 2.75) is 63.8 Å². The lowest BCUT2D eigenvalue weighted by atomic mass is 9.78. The number of hydrogen-bond acceptors (Lipinski definition) is 2. The van der Waals surface area contributed by atoms with E-state index in [0.717, 1.165) is 37.7 Å². The normalized spacial score (nSPS) is 33.1. The third kappa shape index (κ3) is 2.70. The Hall–Kier alpha value is -0.860. The van der Waals surface area contributed by atoms with Gasteiger partial charge in [0.05, 0.1) is 17.8 Å². The number of ether oxygens (including phenoxy) is 1. The van der Waals surface area contributed by atoms with E-state index in [-0.39, 0.29) is 11.7 Å². The van der Waals surface area contributed by atoms with Crippen molar-refractivity contribution in [3.8, 4) is 0 Å². The van der Waals surface area contributed by atoms with Gasteiger partial charge in [0.15, 0.2) is 0 Å². The smallest absolute Gasteiger partial charge is 0.0821 e. The van der Waals surface area contributed by atoms with Crippen molar-refractivity contribution in [3.05, 3.63) is 35.4 Å². The zero-order valence-corrected chi connectivity index (χ0v) is 11.9. The van der Waals surface area contributed by atoms with E-state index in [1.165, 1.54) is 5.56 Å². The van der Waals surface area contributed by atoms with Gasteiger partial charge in [-0.25, -0.2) is 0 Å². The summed E-state index contributed by atoms with van der Waals surface area (Å²) in [5, 5.41) is 10.6. The lowest BCUT2D eigenvalue weighted by Gasteiger charge is -2.32. The molecule has 1 aliphatic heterocycles. The van der Waals surface area contributed by atoms with Crippen LogP contribution >= 0.6 is 0 Å². The molecule has 0 amide bonds. The van der Waals surface area contributed by atoms with Crippen molar-refractivity contribution in [1.82, 2.24) is 0 Å². The highest BCUT2D eigenvalue weighted by Crippen LogP contribution is 2.40. The van der Waals surface area contributed by atoms with Crippen LogP contribution in [-0.2, 0) is 11.2 Å². The van der Waals surface area contributed by atoms with Gasteiger partial charge in [-0.3, -0.25) is 0 Å². The quantitative estimate of drug-likeness (QED) is 0.880. The standard InChI is InChI=1S/C17H24O2/c1-17(2)10-9-14(19-17)11-13-8-7-12-5-3-4-6-15(12)16(13)18/h3-6,13-14,16,18H,7-11H2,1-2H3. The van der Waals surface area contributed by atoms with E-state index in [0.29, 0.717) is 12.0 Å². The minimum Gasteiger partial charge on any atom is -0.388 e. The molecule has 0 bridgehead atoms. The van der Waals surface area contributed by atoms with E-state index in [1.807, 2.05) is 6.07 Å². The van der Waals surface area contributed by atoms with Crippen LogP contribution in [0, 0.1) is 5.92 Å². The van der Waals surface area contributed by atoms with Gasteiger partial charge in [-0.05, 0) is 63.0 Å². The summed E-state index contributed by atoms with van der Waals surface area (Å²) in [6.45, 7) is 4.33. The Labute approximate surface area is 115 Å². The lowest BCUT2D eigenvalue weighted by Crippen LogP contribution is -2.26. The molecule has 1 heterocycles. The zero-order valence-electron chi connectivity index (χ0n) is 11.9. The Morgan fingerprint density at radius 2 is 2.05 bits per heavy atom. The fourth-order valence-corrected chi connectivity index (χ4v) is 3.63. The van der Waals surface area contributed by atoms with Gasteiger partial charge >= 0.3 is 0 Å². The summed E-state index contributed by atoms with van der Waals surface area (Å²) in [7, 11) is 0. The molecule has 1 aromatic carbocycles. The molecule has 2 aliphatic rings. The Kier molecular flexibility index (Phi) is 3.40. The van der Waals surface area contributed by atoms with Gasteiger partial charge in [-0.2, -0.15) is 0 Å². The molecular formula is C17H24O2. The van der Waals surface area contributed by atoms with Crippen molar-refractivity contribution in [2.24, 2.45) is 5.92 Å². The van der Waals surface area contributed by atoms with Crippen LogP contribution < -0.4 is 0 Å². The highest BCUT2D eigenvalue weighted by atomic mass is 16.5. The number of fused-ring (bicyclic) bond motifs is 1. The minimum atomic E-state index is -0.308. The molecule has 1 saturated heterocycles. The molecule has 19 heavy (non-hydrogen) atoms. The maximum atomic E-state index is 10.6. The average molecular weight is 260 g/mol. The third-order valence-corrected chi connectivity index (χ3v) is 4.72. The van der Waals surface area contributed by atoms with Crippen LogP contribution in [0.15, 0.2) is 24.3 Å². The van der Waals surface area contributed by atoms with Crippen molar-refractivity contribution < 1.29 is 9.84 Å². The predicted octanol–water partition coefficient (Wildman–Crippen LogP) is 3.63. The molecule has 3 unspecified atom stereocenters. The van der Waals surface area contributed by atoms with E-state index in [4.69, 9.17) is 4.74 Å². The molecule has 1 aromatic rings. The number of aryl methyl sites for hydroxylation is 1. The highest BCUT2D eigenvalue weighted by Gasteiger charge is 2.36. The Bertz CT molecular complexity index is 452. The van der Waals surface area contributed by atoms with Crippen LogP contribution in [0.2, 0.25) is 0 Å². The highest BCUT2D eigenvalue weighted by molar-refractivity contribution is 5.31. The van der Waals surface area contributed by atoms with Crippen LogP contribution in [0.25, 0.3) is 0 Å². The van der Waals surface area contributed by atoms with Gasteiger partial charge in [-0.15, -0.1) is 0 Å². The molecule has 1 N–H and O–H groups in total. The Morgan fingerprint density at radius 3 is 2.79 bits per heavy atom. The molecule has 0 saturated carbocycles. The van der Waals surface area contributed by atoms with Crippen molar-refractivity contribution in [2.75, 3.05) is 0 Å². The van der Waals surface area contributed by atoms with Crippen molar-refractivity contribution in [1.29, 1.82) is 0 Å². The number of aliphatic hydroxyl groups excluding tert-OH is 1. The van der Waals surface area contributed by atoms with E-state index >= 15 is 0 Å². The maximum Gasteiger partial charge on any atom is 0.0821 e. The molecule has 104 valence electrons. The van der Waals surface area contributed by atoms with Crippen LogP contribution in [0.4, 0.5) is 0 Å². The molecule has 2 heteroatoms. The minimum absolute atomic E-state index is 0.0300. The molecule has 0 spiro atoms. The monoisotopic (exact) mass is 260 g/mol. The van der Waals surface area contributed by atoms with Gasteiger partial charge in [0, 0.05) is 0 Å². The second kappa shape index (κ2) is 4.92. The van der Waals surface area contributed by atoms with Crippen molar-refractivity contribution >= 4 is 0 Å². The Morgan fingerprint density at radius 1 is 1.26 bits per heavy atom.